The molecule has 6 nitrogen and oxygen atoms in total. The van der Waals surface area contributed by atoms with Gasteiger partial charge in [-0.05, 0) is 6.07 Å². The molecule has 0 spiro atoms. The van der Waals surface area contributed by atoms with Crippen molar-refractivity contribution in [3.05, 3.63) is 17.7 Å². The van der Waals surface area contributed by atoms with Crippen LogP contribution in [0.4, 0.5) is 0 Å². The maximum atomic E-state index is 11.8. The zero-order chi connectivity index (χ0) is 14.4. The van der Waals surface area contributed by atoms with Crippen molar-refractivity contribution in [3.63, 3.8) is 0 Å². The van der Waals surface area contributed by atoms with Gasteiger partial charge in [0.25, 0.3) is 0 Å². The minimum atomic E-state index is -0.129. The largest absolute Gasteiger partial charge is 0.496 e. The molecule has 0 aliphatic rings. The summed E-state index contributed by atoms with van der Waals surface area (Å²) in [5.74, 6) is 1.59. The standard InChI is InChI=1S/C13H20N2O4/c1-15(2)14-13(16)7-9-6-11(18-4)12(19-5)8-10(9)17-3/h6,8H,7H2,1-5H3,(H,14,16). The summed E-state index contributed by atoms with van der Waals surface area (Å²) in [6, 6.07) is 3.45. The van der Waals surface area contributed by atoms with Gasteiger partial charge in [-0.1, -0.05) is 0 Å². The maximum Gasteiger partial charge on any atom is 0.238 e. The van der Waals surface area contributed by atoms with E-state index in [9.17, 15) is 4.79 Å². The molecule has 1 N–H and O–H groups in total. The summed E-state index contributed by atoms with van der Waals surface area (Å²) in [7, 11) is 8.16. The van der Waals surface area contributed by atoms with Crippen molar-refractivity contribution >= 4 is 5.91 Å². The van der Waals surface area contributed by atoms with Crippen LogP contribution in [0.2, 0.25) is 0 Å². The number of methoxy groups -OCH3 is 3. The molecule has 0 unspecified atom stereocenters. The van der Waals surface area contributed by atoms with Crippen LogP contribution in [-0.4, -0.2) is 46.3 Å². The number of nitrogens with one attached hydrogen (secondary N) is 1. The molecule has 0 heterocycles. The molecule has 0 fully saturated rings. The fourth-order valence-corrected chi connectivity index (χ4v) is 1.69. The van der Waals surface area contributed by atoms with Crippen LogP contribution in [-0.2, 0) is 11.2 Å². The number of hydrogen-bond donors (Lipinski definition) is 1. The summed E-state index contributed by atoms with van der Waals surface area (Å²) in [5.41, 5.74) is 3.41. The first-order chi connectivity index (χ1) is 9.01. The second-order valence-corrected chi connectivity index (χ2v) is 4.13. The summed E-state index contributed by atoms with van der Waals surface area (Å²) in [6.07, 6.45) is 0.196. The summed E-state index contributed by atoms with van der Waals surface area (Å²) in [4.78, 5) is 11.8. The van der Waals surface area contributed by atoms with E-state index in [2.05, 4.69) is 5.43 Å². The number of rotatable bonds is 6. The molecule has 0 aliphatic heterocycles. The summed E-state index contributed by atoms with van der Waals surface area (Å²) < 4.78 is 15.7. The van der Waals surface area contributed by atoms with E-state index < -0.39 is 0 Å². The van der Waals surface area contributed by atoms with Gasteiger partial charge < -0.3 is 14.2 Å². The number of hydrazine groups is 1. The smallest absolute Gasteiger partial charge is 0.238 e. The van der Waals surface area contributed by atoms with E-state index in [1.807, 2.05) is 0 Å². The van der Waals surface area contributed by atoms with Crippen LogP contribution in [0.15, 0.2) is 12.1 Å². The van der Waals surface area contributed by atoms with E-state index in [1.54, 1.807) is 52.6 Å². The molecule has 0 aromatic heterocycles. The van der Waals surface area contributed by atoms with Gasteiger partial charge in [0.2, 0.25) is 5.91 Å². The Kier molecular flexibility index (Phi) is 5.44. The number of amides is 1. The van der Waals surface area contributed by atoms with Crippen LogP contribution in [0.3, 0.4) is 0 Å². The lowest BCUT2D eigenvalue weighted by atomic mass is 10.1. The van der Waals surface area contributed by atoms with Crippen LogP contribution in [0.25, 0.3) is 0 Å². The monoisotopic (exact) mass is 268 g/mol. The third kappa shape index (κ3) is 4.03. The third-order valence-corrected chi connectivity index (χ3v) is 2.49. The molecule has 1 aromatic rings. The number of nitrogens with zero attached hydrogens (tertiary/aromatic N) is 1. The number of carbonyl (C=O) groups is 1. The molecule has 6 heteroatoms. The Hall–Kier alpha value is -1.95. The van der Waals surface area contributed by atoms with Crippen molar-refractivity contribution in [1.29, 1.82) is 0 Å². The number of ether oxygens (including phenoxy) is 3. The second-order valence-electron chi connectivity index (χ2n) is 4.13. The molecular formula is C13H20N2O4. The Morgan fingerprint density at radius 2 is 1.58 bits per heavy atom. The first-order valence-corrected chi connectivity index (χ1v) is 5.77. The highest BCUT2D eigenvalue weighted by Gasteiger charge is 2.14. The average molecular weight is 268 g/mol. The van der Waals surface area contributed by atoms with Crippen molar-refractivity contribution in [3.8, 4) is 17.2 Å². The molecule has 0 saturated carbocycles. The molecule has 0 atom stereocenters. The zero-order valence-corrected chi connectivity index (χ0v) is 11.9. The van der Waals surface area contributed by atoms with E-state index >= 15 is 0 Å². The Morgan fingerprint density at radius 3 is 2.05 bits per heavy atom. The van der Waals surface area contributed by atoms with Gasteiger partial charge in [-0.2, -0.15) is 0 Å². The summed E-state index contributed by atoms with van der Waals surface area (Å²) >= 11 is 0. The Bertz CT molecular complexity index is 447. The molecule has 0 aliphatic carbocycles. The molecule has 19 heavy (non-hydrogen) atoms. The van der Waals surface area contributed by atoms with Crippen molar-refractivity contribution in [1.82, 2.24) is 10.4 Å². The highest BCUT2D eigenvalue weighted by atomic mass is 16.5. The minimum absolute atomic E-state index is 0.129. The Balaban J connectivity index is 3.01. The average Bonchev–Trinajstić information content (AvgIpc) is 2.37. The van der Waals surface area contributed by atoms with Gasteiger partial charge in [0.05, 0.1) is 27.8 Å². The van der Waals surface area contributed by atoms with Gasteiger partial charge in [-0.3, -0.25) is 10.2 Å². The lowest BCUT2D eigenvalue weighted by molar-refractivity contribution is -0.124. The van der Waals surface area contributed by atoms with Crippen LogP contribution >= 0.6 is 0 Å². The summed E-state index contributed by atoms with van der Waals surface area (Å²) in [6.45, 7) is 0. The Morgan fingerprint density at radius 1 is 1.05 bits per heavy atom. The van der Waals surface area contributed by atoms with Gasteiger partial charge in [-0.25, -0.2) is 5.01 Å². The first kappa shape index (κ1) is 15.1. The van der Waals surface area contributed by atoms with Crippen molar-refractivity contribution in [2.45, 2.75) is 6.42 Å². The molecular weight excluding hydrogens is 248 g/mol. The predicted octanol–water partition coefficient (Wildman–Crippen LogP) is 0.848. The van der Waals surface area contributed by atoms with Gasteiger partial charge >= 0.3 is 0 Å². The van der Waals surface area contributed by atoms with Crippen LogP contribution in [0, 0.1) is 0 Å². The number of carbonyl (C=O) groups excluding carboxylic acids is 1. The SMILES string of the molecule is COc1cc(OC)c(OC)cc1CC(=O)NN(C)C. The lowest BCUT2D eigenvalue weighted by Gasteiger charge is -2.15. The third-order valence-electron chi connectivity index (χ3n) is 2.49. The van der Waals surface area contributed by atoms with Gasteiger partial charge in [-0.15, -0.1) is 0 Å². The lowest BCUT2D eigenvalue weighted by Crippen LogP contribution is -2.37. The van der Waals surface area contributed by atoms with E-state index in [0.717, 1.165) is 5.56 Å². The number of benzene rings is 1. The number of hydrogen-bond acceptors (Lipinski definition) is 5. The fraction of sp³-hybridized carbons (Fsp3) is 0.462. The van der Waals surface area contributed by atoms with Crippen molar-refractivity contribution in [2.75, 3.05) is 35.4 Å². The molecule has 106 valence electrons. The van der Waals surface area contributed by atoms with E-state index in [0.29, 0.717) is 17.2 Å². The predicted molar refractivity (Wildman–Crippen MR) is 71.6 cm³/mol. The maximum absolute atomic E-state index is 11.8. The normalized spacial score (nSPS) is 10.2. The molecule has 1 amide bonds. The molecule has 0 saturated heterocycles. The highest BCUT2D eigenvalue weighted by molar-refractivity contribution is 5.79. The second kappa shape index (κ2) is 6.84. The van der Waals surface area contributed by atoms with Gasteiger partial charge in [0, 0.05) is 25.7 Å². The molecule has 0 radical (unpaired) electrons. The van der Waals surface area contributed by atoms with Crippen LogP contribution in [0.1, 0.15) is 5.56 Å². The molecule has 0 bridgehead atoms. The van der Waals surface area contributed by atoms with Gasteiger partial charge in [0.15, 0.2) is 11.5 Å². The minimum Gasteiger partial charge on any atom is -0.496 e. The quantitative estimate of drug-likeness (QED) is 0.775. The molecule has 1 rings (SSSR count). The van der Waals surface area contributed by atoms with Crippen molar-refractivity contribution < 1.29 is 19.0 Å². The van der Waals surface area contributed by atoms with Gasteiger partial charge in [0.1, 0.15) is 5.75 Å². The molecule has 1 aromatic carbocycles. The highest BCUT2D eigenvalue weighted by Crippen LogP contribution is 2.34. The zero-order valence-electron chi connectivity index (χ0n) is 11.9. The first-order valence-electron chi connectivity index (χ1n) is 5.77. The summed E-state index contributed by atoms with van der Waals surface area (Å²) in [5, 5.41) is 1.59. The van der Waals surface area contributed by atoms with Crippen LogP contribution < -0.4 is 19.6 Å². The van der Waals surface area contributed by atoms with E-state index in [1.165, 1.54) is 0 Å². The van der Waals surface area contributed by atoms with E-state index in [-0.39, 0.29) is 12.3 Å². The van der Waals surface area contributed by atoms with Crippen LogP contribution in [0.5, 0.6) is 17.2 Å². The topological polar surface area (TPSA) is 60.0 Å². The Labute approximate surface area is 113 Å². The fourth-order valence-electron chi connectivity index (χ4n) is 1.69. The van der Waals surface area contributed by atoms with Crippen molar-refractivity contribution in [2.24, 2.45) is 0 Å². The van der Waals surface area contributed by atoms with E-state index in [4.69, 9.17) is 14.2 Å².